The van der Waals surface area contributed by atoms with Crippen LogP contribution in [0.3, 0.4) is 0 Å². The van der Waals surface area contributed by atoms with E-state index in [1.165, 1.54) is 198 Å². The number of nitriles is 2. The summed E-state index contributed by atoms with van der Waals surface area (Å²) in [4.78, 5) is 0. The minimum absolute atomic E-state index is 0.0746. The van der Waals surface area contributed by atoms with E-state index >= 15 is 0 Å². The van der Waals surface area contributed by atoms with Crippen LogP contribution < -0.4 is 0 Å². The van der Waals surface area contributed by atoms with Crippen LogP contribution in [0, 0.1) is 34.3 Å². The Morgan fingerprint density at radius 3 is 1.15 bits per heavy atom. The molecule has 8 nitrogen and oxygen atoms in total. The van der Waals surface area contributed by atoms with Crippen LogP contribution in [0.15, 0.2) is 36.9 Å². The molecule has 11 heteroatoms. The van der Waals surface area contributed by atoms with Crippen LogP contribution in [0.2, 0.25) is 5.02 Å². The molecule has 0 aliphatic carbocycles. The van der Waals surface area contributed by atoms with Gasteiger partial charge in [0.05, 0.1) is 61.9 Å². The molecule has 0 saturated carbocycles. The fourth-order valence-electron chi connectivity index (χ4n) is 8.71. The standard InChI is InChI=1S/C32H52FNO3.C29H47ClFNO3/c1-3-5-6-7-8-9-10-11-12-13-14-15-16-17-18-19-21-36-27-30(25-35)37-26-28-22-29(24-34)31(20-4-2)32(33)23-28;1-2-3-4-5-6-7-8-9-10-11-12-13-14-15-16-17-18-34-24-27(22-33)35-23-25-19-26(21-32)29(30)28(31)20-25/h4,22-23,30,35H,2-3,5-21,25-27H2,1H3;19-20,27,33H,2-18,22-24H2,1H3/t30-;27-/m00/s1. The molecular weight excluding hydrogens is 930 g/mol. The van der Waals surface area contributed by atoms with Crippen LogP contribution in [0.4, 0.5) is 8.78 Å². The summed E-state index contributed by atoms with van der Waals surface area (Å²) in [6.45, 7) is 9.89. The monoisotopic (exact) mass is 1030 g/mol. The molecule has 2 N–H and O–H groups in total. The highest BCUT2D eigenvalue weighted by molar-refractivity contribution is 6.31. The first-order valence-electron chi connectivity index (χ1n) is 28.6. The minimum atomic E-state index is -0.649. The Hall–Kier alpha value is -2.93. The SMILES string of the molecule is C=CCc1c(F)cc(CO[C@@H](CO)COCCCCCCCCCCCCCCCCCC)cc1C#N.CCCCCCCCCCCCCCCCCCOC[C@H](CO)OCc1cc(F)c(Cl)c(C#N)c1. The lowest BCUT2D eigenvalue weighted by molar-refractivity contribution is -0.0503. The summed E-state index contributed by atoms with van der Waals surface area (Å²) < 4.78 is 50.7. The van der Waals surface area contributed by atoms with E-state index in [0.717, 1.165) is 25.7 Å². The van der Waals surface area contributed by atoms with Crippen LogP contribution >= 0.6 is 11.6 Å². The first kappa shape index (κ1) is 67.1. The maximum Gasteiger partial charge on any atom is 0.143 e. The van der Waals surface area contributed by atoms with Gasteiger partial charge in [-0.15, -0.1) is 6.58 Å². The average Bonchev–Trinajstić information content (AvgIpc) is 3.39. The molecule has 410 valence electrons. The predicted octanol–water partition coefficient (Wildman–Crippen LogP) is 17.1. The maximum absolute atomic E-state index is 14.3. The van der Waals surface area contributed by atoms with Gasteiger partial charge in [0.15, 0.2) is 0 Å². The molecule has 0 aromatic heterocycles. The van der Waals surface area contributed by atoms with E-state index < -0.39 is 23.8 Å². The van der Waals surface area contributed by atoms with Crippen LogP contribution in [0.25, 0.3) is 0 Å². The third-order valence-corrected chi connectivity index (χ3v) is 13.6. The van der Waals surface area contributed by atoms with Crippen molar-refractivity contribution < 1.29 is 37.9 Å². The zero-order valence-corrected chi connectivity index (χ0v) is 46.1. The number of aliphatic hydroxyl groups is 2. The number of hydrogen-bond acceptors (Lipinski definition) is 8. The molecule has 0 amide bonds. The van der Waals surface area contributed by atoms with Crippen molar-refractivity contribution in [2.24, 2.45) is 0 Å². The lowest BCUT2D eigenvalue weighted by Crippen LogP contribution is -2.24. The van der Waals surface area contributed by atoms with Gasteiger partial charge in [0, 0.05) is 18.8 Å². The molecule has 2 aromatic rings. The number of rotatable bonds is 48. The van der Waals surface area contributed by atoms with Crippen molar-refractivity contribution in [1.82, 2.24) is 0 Å². The first-order valence-corrected chi connectivity index (χ1v) is 29.0. The van der Waals surface area contributed by atoms with E-state index in [2.05, 4.69) is 20.4 Å². The number of halogens is 3. The van der Waals surface area contributed by atoms with E-state index in [4.69, 9.17) is 35.8 Å². The molecule has 0 spiro atoms. The van der Waals surface area contributed by atoms with Gasteiger partial charge < -0.3 is 29.2 Å². The van der Waals surface area contributed by atoms with E-state index in [-0.39, 0.29) is 43.6 Å². The molecule has 2 atom stereocenters. The molecule has 0 unspecified atom stereocenters. The minimum Gasteiger partial charge on any atom is -0.394 e. The molecule has 0 bridgehead atoms. The van der Waals surface area contributed by atoms with Gasteiger partial charge in [-0.3, -0.25) is 0 Å². The Morgan fingerprint density at radius 1 is 0.514 bits per heavy atom. The predicted molar refractivity (Wildman–Crippen MR) is 293 cm³/mol. The second-order valence-electron chi connectivity index (χ2n) is 19.7. The van der Waals surface area contributed by atoms with Crippen molar-refractivity contribution in [3.05, 3.63) is 81.4 Å². The molecule has 0 heterocycles. The zero-order chi connectivity index (χ0) is 52.5. The molecule has 2 rings (SSSR count). The second kappa shape index (κ2) is 49.0. The van der Waals surface area contributed by atoms with Crippen molar-refractivity contribution in [2.45, 2.75) is 251 Å². The van der Waals surface area contributed by atoms with Crippen LogP contribution in [0.1, 0.15) is 247 Å². The molecule has 0 aliphatic heterocycles. The van der Waals surface area contributed by atoms with Crippen molar-refractivity contribution in [3.8, 4) is 12.1 Å². The Morgan fingerprint density at radius 2 is 0.833 bits per heavy atom. The van der Waals surface area contributed by atoms with Crippen LogP contribution in [-0.2, 0) is 38.6 Å². The third kappa shape index (κ3) is 36.1. The Balaban J connectivity index is 0.000000721. The van der Waals surface area contributed by atoms with Gasteiger partial charge in [0.1, 0.15) is 29.9 Å². The quantitative estimate of drug-likeness (QED) is 0.0496. The van der Waals surface area contributed by atoms with E-state index in [9.17, 15) is 24.3 Å². The summed E-state index contributed by atoms with van der Waals surface area (Å²) in [7, 11) is 0. The normalized spacial score (nSPS) is 12.0. The van der Waals surface area contributed by atoms with Crippen molar-refractivity contribution >= 4 is 11.6 Å². The van der Waals surface area contributed by atoms with Gasteiger partial charge in [-0.05, 0) is 54.7 Å². The first-order chi connectivity index (χ1) is 35.3. The van der Waals surface area contributed by atoms with Gasteiger partial charge >= 0.3 is 0 Å². The number of allylic oxidation sites excluding steroid dienone is 1. The number of unbranched alkanes of at least 4 members (excludes halogenated alkanes) is 30. The van der Waals surface area contributed by atoms with E-state index in [0.29, 0.717) is 48.5 Å². The van der Waals surface area contributed by atoms with Gasteiger partial charge in [0.2, 0.25) is 0 Å². The molecular formula is C61H99ClF2N2O6. The summed E-state index contributed by atoms with van der Waals surface area (Å²) in [6, 6.07) is 9.65. The largest absolute Gasteiger partial charge is 0.394 e. The van der Waals surface area contributed by atoms with Gasteiger partial charge in [0.25, 0.3) is 0 Å². The summed E-state index contributed by atoms with van der Waals surface area (Å²) in [5.41, 5.74) is 1.78. The second-order valence-corrected chi connectivity index (χ2v) is 20.1. The highest BCUT2D eigenvalue weighted by Crippen LogP contribution is 2.23. The molecule has 72 heavy (non-hydrogen) atoms. The van der Waals surface area contributed by atoms with Crippen molar-refractivity contribution in [3.63, 3.8) is 0 Å². The van der Waals surface area contributed by atoms with Crippen molar-refractivity contribution in [2.75, 3.05) is 39.6 Å². The highest BCUT2D eigenvalue weighted by atomic mass is 35.5. The third-order valence-electron chi connectivity index (χ3n) is 13.2. The van der Waals surface area contributed by atoms with Gasteiger partial charge in [-0.1, -0.05) is 224 Å². The summed E-state index contributed by atoms with van der Waals surface area (Å²) >= 11 is 5.75. The van der Waals surface area contributed by atoms with Crippen LogP contribution in [0.5, 0.6) is 0 Å². The molecule has 0 fully saturated rings. The molecule has 2 aromatic carbocycles. The molecule has 0 radical (unpaired) electrons. The average molecular weight is 1030 g/mol. The number of aliphatic hydroxyl groups excluding tert-OH is 2. The number of benzene rings is 2. The lowest BCUT2D eigenvalue weighted by atomic mass is 10.0. The van der Waals surface area contributed by atoms with E-state index in [1.54, 1.807) is 12.1 Å². The van der Waals surface area contributed by atoms with Crippen LogP contribution in [-0.4, -0.2) is 62.1 Å². The number of hydrogen-bond donors (Lipinski definition) is 2. The fraction of sp³-hybridized carbons (Fsp3) is 0.738. The van der Waals surface area contributed by atoms with Crippen molar-refractivity contribution in [1.29, 1.82) is 10.5 Å². The Labute approximate surface area is 442 Å². The Kier molecular flexibility index (Phi) is 45.6. The Bertz CT molecular complexity index is 1690. The fourth-order valence-corrected chi connectivity index (χ4v) is 8.86. The zero-order valence-electron chi connectivity index (χ0n) is 45.3. The lowest BCUT2D eigenvalue weighted by Gasteiger charge is -2.16. The van der Waals surface area contributed by atoms with Gasteiger partial charge in [-0.25, -0.2) is 8.78 Å². The number of ether oxygens (including phenoxy) is 4. The van der Waals surface area contributed by atoms with E-state index in [1.807, 2.05) is 12.1 Å². The van der Waals surface area contributed by atoms with Gasteiger partial charge in [-0.2, -0.15) is 10.5 Å². The number of nitrogens with zero attached hydrogens (tertiary/aromatic N) is 2. The summed E-state index contributed by atoms with van der Waals surface area (Å²) in [5.74, 6) is -1.08. The highest BCUT2D eigenvalue weighted by Gasteiger charge is 2.15. The smallest absolute Gasteiger partial charge is 0.143 e. The molecule has 0 saturated heterocycles. The maximum atomic E-state index is 14.3. The summed E-state index contributed by atoms with van der Waals surface area (Å²) in [5, 5.41) is 37.2. The topological polar surface area (TPSA) is 125 Å². The summed E-state index contributed by atoms with van der Waals surface area (Å²) in [6.07, 6.45) is 43.7. The molecule has 0 aliphatic rings.